The van der Waals surface area contributed by atoms with Crippen molar-refractivity contribution in [3.8, 4) is 11.5 Å². The Kier molecular flexibility index (Phi) is 4.62. The first-order valence-corrected chi connectivity index (χ1v) is 5.54. The van der Waals surface area contributed by atoms with Gasteiger partial charge in [-0.05, 0) is 49.1 Å². The van der Waals surface area contributed by atoms with E-state index >= 15 is 0 Å². The zero-order chi connectivity index (χ0) is 12.1. The summed E-state index contributed by atoms with van der Waals surface area (Å²) in [5.41, 5.74) is 7.88. The summed E-state index contributed by atoms with van der Waals surface area (Å²) in [6, 6.07) is 4.05. The van der Waals surface area contributed by atoms with Gasteiger partial charge in [0.15, 0.2) is 0 Å². The molecule has 3 heteroatoms. The number of nitrogens with two attached hydrogens (primary N) is 1. The van der Waals surface area contributed by atoms with E-state index in [4.69, 9.17) is 15.2 Å². The average Bonchev–Trinajstić information content (AvgIpc) is 2.30. The van der Waals surface area contributed by atoms with Gasteiger partial charge in [-0.15, -0.1) is 0 Å². The van der Waals surface area contributed by atoms with Crippen LogP contribution >= 0.6 is 0 Å². The van der Waals surface area contributed by atoms with Gasteiger partial charge in [0.05, 0.1) is 14.2 Å². The van der Waals surface area contributed by atoms with Gasteiger partial charge in [0.25, 0.3) is 0 Å². The lowest BCUT2D eigenvalue weighted by Crippen LogP contribution is -2.13. The molecule has 0 aliphatic rings. The Bertz CT molecular complexity index is 350. The van der Waals surface area contributed by atoms with Gasteiger partial charge >= 0.3 is 0 Å². The van der Waals surface area contributed by atoms with Crippen LogP contribution in [0.3, 0.4) is 0 Å². The van der Waals surface area contributed by atoms with Crippen LogP contribution in [0.5, 0.6) is 11.5 Å². The minimum atomic E-state index is 0.446. The number of aryl methyl sites for hydroxylation is 1. The molecule has 90 valence electrons. The molecule has 2 N–H and O–H groups in total. The van der Waals surface area contributed by atoms with Gasteiger partial charge in [-0.3, -0.25) is 0 Å². The van der Waals surface area contributed by atoms with Crippen LogP contribution in [-0.2, 0) is 6.42 Å². The summed E-state index contributed by atoms with van der Waals surface area (Å²) in [7, 11) is 3.38. The number of rotatable bonds is 5. The molecule has 0 fully saturated rings. The monoisotopic (exact) mass is 223 g/mol. The van der Waals surface area contributed by atoms with Crippen molar-refractivity contribution in [3.63, 3.8) is 0 Å². The molecule has 1 atom stereocenters. The summed E-state index contributed by atoms with van der Waals surface area (Å²) in [6.07, 6.45) is 0.913. The number of methoxy groups -OCH3 is 2. The quantitative estimate of drug-likeness (QED) is 0.832. The third-order valence-corrected chi connectivity index (χ3v) is 2.77. The van der Waals surface area contributed by atoms with E-state index < -0.39 is 0 Å². The fourth-order valence-electron chi connectivity index (χ4n) is 1.73. The number of ether oxygens (including phenoxy) is 2. The second kappa shape index (κ2) is 5.75. The Balaban J connectivity index is 3.04. The van der Waals surface area contributed by atoms with Crippen molar-refractivity contribution in [1.82, 2.24) is 0 Å². The second-order valence-electron chi connectivity index (χ2n) is 4.18. The Morgan fingerprint density at radius 3 is 2.31 bits per heavy atom. The average molecular weight is 223 g/mol. The summed E-state index contributed by atoms with van der Waals surface area (Å²) in [5.74, 6) is 2.26. The molecule has 0 heterocycles. The first-order valence-electron chi connectivity index (χ1n) is 5.54. The topological polar surface area (TPSA) is 44.5 Å². The number of hydrogen-bond donors (Lipinski definition) is 1. The smallest absolute Gasteiger partial charge is 0.122 e. The predicted molar refractivity (Wildman–Crippen MR) is 66.2 cm³/mol. The molecule has 0 saturated heterocycles. The van der Waals surface area contributed by atoms with Crippen LogP contribution in [0.4, 0.5) is 0 Å². The van der Waals surface area contributed by atoms with Crippen LogP contribution in [0, 0.1) is 12.8 Å². The van der Waals surface area contributed by atoms with Crippen LogP contribution in [-0.4, -0.2) is 20.8 Å². The zero-order valence-electron chi connectivity index (χ0n) is 10.5. The first kappa shape index (κ1) is 12.8. The van der Waals surface area contributed by atoms with Gasteiger partial charge in [0.2, 0.25) is 0 Å². The van der Waals surface area contributed by atoms with Gasteiger partial charge in [0, 0.05) is 0 Å². The third-order valence-electron chi connectivity index (χ3n) is 2.77. The fraction of sp³-hybridized carbons (Fsp3) is 0.538. The third kappa shape index (κ3) is 2.89. The normalized spacial score (nSPS) is 12.3. The molecular formula is C13H21NO2. The maximum absolute atomic E-state index is 5.64. The molecule has 0 amide bonds. The van der Waals surface area contributed by atoms with Crippen molar-refractivity contribution in [2.24, 2.45) is 11.7 Å². The fourth-order valence-corrected chi connectivity index (χ4v) is 1.73. The second-order valence-corrected chi connectivity index (χ2v) is 4.18. The highest BCUT2D eigenvalue weighted by atomic mass is 16.5. The molecule has 1 rings (SSSR count). The number of benzene rings is 1. The van der Waals surface area contributed by atoms with Crippen molar-refractivity contribution in [3.05, 3.63) is 23.3 Å². The first-order chi connectivity index (χ1) is 7.62. The van der Waals surface area contributed by atoms with E-state index in [2.05, 4.69) is 6.92 Å². The van der Waals surface area contributed by atoms with Crippen molar-refractivity contribution in [1.29, 1.82) is 0 Å². The Morgan fingerprint density at radius 1 is 1.19 bits per heavy atom. The maximum atomic E-state index is 5.64. The summed E-state index contributed by atoms with van der Waals surface area (Å²) < 4.78 is 10.7. The van der Waals surface area contributed by atoms with Crippen LogP contribution in [0.1, 0.15) is 18.1 Å². The van der Waals surface area contributed by atoms with Crippen molar-refractivity contribution >= 4 is 0 Å². The summed E-state index contributed by atoms with van der Waals surface area (Å²) in [6.45, 7) is 4.82. The molecule has 3 nitrogen and oxygen atoms in total. The van der Waals surface area contributed by atoms with Crippen LogP contribution in [0.15, 0.2) is 12.1 Å². The highest BCUT2D eigenvalue weighted by molar-refractivity contribution is 5.46. The lowest BCUT2D eigenvalue weighted by atomic mass is 9.99. The molecule has 0 radical (unpaired) electrons. The van der Waals surface area contributed by atoms with Crippen molar-refractivity contribution in [2.45, 2.75) is 20.3 Å². The zero-order valence-corrected chi connectivity index (χ0v) is 10.5. The summed E-state index contributed by atoms with van der Waals surface area (Å²) >= 11 is 0. The maximum Gasteiger partial charge on any atom is 0.122 e. The van der Waals surface area contributed by atoms with Gasteiger partial charge < -0.3 is 15.2 Å². The molecule has 0 bridgehead atoms. The van der Waals surface area contributed by atoms with Crippen LogP contribution in [0.2, 0.25) is 0 Å². The summed E-state index contributed by atoms with van der Waals surface area (Å²) in [4.78, 5) is 0. The van der Waals surface area contributed by atoms with Gasteiger partial charge in [-0.25, -0.2) is 0 Å². The molecule has 0 aliphatic heterocycles. The van der Waals surface area contributed by atoms with E-state index in [1.54, 1.807) is 14.2 Å². The Labute approximate surface area is 97.6 Å². The van der Waals surface area contributed by atoms with Crippen molar-refractivity contribution < 1.29 is 9.47 Å². The Hall–Kier alpha value is -1.22. The van der Waals surface area contributed by atoms with Gasteiger partial charge in [-0.1, -0.05) is 6.92 Å². The van der Waals surface area contributed by atoms with E-state index in [-0.39, 0.29) is 0 Å². The minimum absolute atomic E-state index is 0.446. The van der Waals surface area contributed by atoms with E-state index in [9.17, 15) is 0 Å². The highest BCUT2D eigenvalue weighted by Gasteiger charge is 2.11. The molecule has 0 aromatic heterocycles. The van der Waals surface area contributed by atoms with E-state index in [0.717, 1.165) is 29.0 Å². The molecule has 1 aromatic rings. The van der Waals surface area contributed by atoms with Crippen LogP contribution < -0.4 is 15.2 Å². The van der Waals surface area contributed by atoms with E-state index in [0.29, 0.717) is 12.5 Å². The SMILES string of the molecule is COc1cc(CC(C)CN)c(OC)cc1C. The standard InChI is InChI=1S/C13H21NO2/c1-9(8-14)5-11-7-12(15-3)10(2)6-13(11)16-4/h6-7,9H,5,8,14H2,1-4H3. The summed E-state index contributed by atoms with van der Waals surface area (Å²) in [5, 5.41) is 0. The lowest BCUT2D eigenvalue weighted by molar-refractivity contribution is 0.393. The lowest BCUT2D eigenvalue weighted by Gasteiger charge is -2.15. The van der Waals surface area contributed by atoms with Crippen LogP contribution in [0.25, 0.3) is 0 Å². The molecule has 1 unspecified atom stereocenters. The largest absolute Gasteiger partial charge is 0.496 e. The molecule has 1 aromatic carbocycles. The van der Waals surface area contributed by atoms with Gasteiger partial charge in [0.1, 0.15) is 11.5 Å². The Morgan fingerprint density at radius 2 is 1.81 bits per heavy atom. The molecule has 0 aliphatic carbocycles. The molecule has 0 saturated carbocycles. The van der Waals surface area contributed by atoms with Crippen molar-refractivity contribution in [2.75, 3.05) is 20.8 Å². The molecular weight excluding hydrogens is 202 g/mol. The number of hydrogen-bond acceptors (Lipinski definition) is 3. The van der Waals surface area contributed by atoms with Gasteiger partial charge in [-0.2, -0.15) is 0 Å². The molecule has 0 spiro atoms. The van der Waals surface area contributed by atoms with E-state index in [1.165, 1.54) is 0 Å². The molecule has 16 heavy (non-hydrogen) atoms. The predicted octanol–water partition coefficient (Wildman–Crippen LogP) is 2.15. The minimum Gasteiger partial charge on any atom is -0.496 e. The van der Waals surface area contributed by atoms with E-state index in [1.807, 2.05) is 19.1 Å². The highest BCUT2D eigenvalue weighted by Crippen LogP contribution is 2.29.